The number of esters is 1. The number of hydrogen-bond acceptors (Lipinski definition) is 4. The molecule has 1 aliphatic heterocycles. The molecule has 5 heteroatoms. The van der Waals surface area contributed by atoms with Gasteiger partial charge in [0.05, 0.1) is 18.2 Å². The molecule has 106 valence electrons. The van der Waals surface area contributed by atoms with E-state index in [1.165, 1.54) is 6.07 Å². The van der Waals surface area contributed by atoms with Gasteiger partial charge in [0.25, 0.3) is 0 Å². The largest absolute Gasteiger partial charge is 0.466 e. The summed E-state index contributed by atoms with van der Waals surface area (Å²) in [6.07, 6.45) is 1.59. The van der Waals surface area contributed by atoms with E-state index in [9.17, 15) is 9.18 Å². The summed E-state index contributed by atoms with van der Waals surface area (Å²) in [5.41, 5.74) is 0.596. The Bertz CT molecular complexity index is 539. The summed E-state index contributed by atoms with van der Waals surface area (Å²) in [6.45, 7) is 3.32. The molecular formula is C15H17FN2O2. The predicted molar refractivity (Wildman–Crippen MR) is 72.7 cm³/mol. The van der Waals surface area contributed by atoms with E-state index >= 15 is 0 Å². The normalized spacial score (nSPS) is 18.4. The van der Waals surface area contributed by atoms with Crippen molar-refractivity contribution in [2.45, 2.75) is 19.8 Å². The average molecular weight is 276 g/mol. The number of halogens is 1. The standard InChI is InChI=1S/C15H17FN2O2/c1-2-20-15(19)11-5-4-8-18(10-11)14-7-3-6-13(16)12(14)9-17/h3,6-7,11H,2,4-5,8,10H2,1H3. The van der Waals surface area contributed by atoms with Crippen molar-refractivity contribution in [3.63, 3.8) is 0 Å². The number of carbonyl (C=O) groups excluding carboxylic acids is 1. The third-order valence-corrected chi connectivity index (χ3v) is 3.49. The van der Waals surface area contributed by atoms with Gasteiger partial charge in [-0.25, -0.2) is 4.39 Å². The molecule has 1 aliphatic rings. The molecule has 1 aromatic rings. The van der Waals surface area contributed by atoms with Crippen LogP contribution in [0.25, 0.3) is 0 Å². The van der Waals surface area contributed by atoms with Crippen LogP contribution in [0.5, 0.6) is 0 Å². The molecule has 0 bridgehead atoms. The van der Waals surface area contributed by atoms with Crippen LogP contribution < -0.4 is 4.90 Å². The molecule has 20 heavy (non-hydrogen) atoms. The number of benzene rings is 1. The number of carbonyl (C=O) groups is 1. The highest BCUT2D eigenvalue weighted by atomic mass is 19.1. The fourth-order valence-electron chi connectivity index (χ4n) is 2.54. The van der Waals surface area contributed by atoms with Crippen LogP contribution >= 0.6 is 0 Å². The maximum absolute atomic E-state index is 13.6. The van der Waals surface area contributed by atoms with Gasteiger partial charge in [-0.1, -0.05) is 6.07 Å². The lowest BCUT2D eigenvalue weighted by molar-refractivity contribution is -0.148. The number of anilines is 1. The first kappa shape index (κ1) is 14.3. The van der Waals surface area contributed by atoms with Gasteiger partial charge in [0.2, 0.25) is 0 Å². The first-order valence-corrected chi connectivity index (χ1v) is 6.77. The molecule has 1 fully saturated rings. The molecule has 0 N–H and O–H groups in total. The van der Waals surface area contributed by atoms with Gasteiger partial charge in [-0.3, -0.25) is 4.79 Å². The quantitative estimate of drug-likeness (QED) is 0.796. The molecule has 1 heterocycles. The van der Waals surface area contributed by atoms with Crippen LogP contribution in [0, 0.1) is 23.1 Å². The van der Waals surface area contributed by atoms with Crippen LogP contribution in [0.15, 0.2) is 18.2 Å². The van der Waals surface area contributed by atoms with Crippen molar-refractivity contribution in [3.8, 4) is 6.07 Å². The third kappa shape index (κ3) is 2.90. The molecule has 1 unspecified atom stereocenters. The summed E-state index contributed by atoms with van der Waals surface area (Å²) < 4.78 is 18.7. The molecule has 4 nitrogen and oxygen atoms in total. The molecule has 0 amide bonds. The van der Waals surface area contributed by atoms with Crippen molar-refractivity contribution in [2.24, 2.45) is 5.92 Å². The number of ether oxygens (including phenoxy) is 1. The van der Waals surface area contributed by atoms with E-state index in [0.29, 0.717) is 25.4 Å². The first-order valence-electron chi connectivity index (χ1n) is 6.77. The molecule has 0 aliphatic carbocycles. The van der Waals surface area contributed by atoms with E-state index in [1.54, 1.807) is 19.1 Å². The minimum absolute atomic E-state index is 0.0389. The maximum atomic E-state index is 13.6. The van der Waals surface area contributed by atoms with Gasteiger partial charge in [0, 0.05) is 13.1 Å². The summed E-state index contributed by atoms with van der Waals surface area (Å²) in [4.78, 5) is 13.7. The van der Waals surface area contributed by atoms with Gasteiger partial charge < -0.3 is 9.64 Å². The number of rotatable bonds is 3. The molecule has 1 saturated heterocycles. The smallest absolute Gasteiger partial charge is 0.310 e. The number of nitriles is 1. The van der Waals surface area contributed by atoms with Crippen LogP contribution in [0.1, 0.15) is 25.3 Å². The fourth-order valence-corrected chi connectivity index (χ4v) is 2.54. The topological polar surface area (TPSA) is 53.3 Å². The lowest BCUT2D eigenvalue weighted by atomic mass is 9.97. The van der Waals surface area contributed by atoms with Crippen LogP contribution in [0.4, 0.5) is 10.1 Å². The Morgan fingerprint density at radius 1 is 1.60 bits per heavy atom. The second-order valence-electron chi connectivity index (χ2n) is 4.78. The highest BCUT2D eigenvalue weighted by Crippen LogP contribution is 2.28. The Kier molecular flexibility index (Phi) is 4.57. The van der Waals surface area contributed by atoms with E-state index in [4.69, 9.17) is 10.00 Å². The summed E-state index contributed by atoms with van der Waals surface area (Å²) >= 11 is 0. The zero-order chi connectivity index (χ0) is 14.5. The van der Waals surface area contributed by atoms with Gasteiger partial charge in [-0.15, -0.1) is 0 Å². The lowest BCUT2D eigenvalue weighted by Crippen LogP contribution is -2.39. The molecule has 1 atom stereocenters. The van der Waals surface area contributed by atoms with Crippen LogP contribution in [-0.4, -0.2) is 25.7 Å². The van der Waals surface area contributed by atoms with Crippen molar-refractivity contribution >= 4 is 11.7 Å². The highest BCUT2D eigenvalue weighted by molar-refractivity contribution is 5.74. The molecular weight excluding hydrogens is 259 g/mol. The Morgan fingerprint density at radius 2 is 2.40 bits per heavy atom. The lowest BCUT2D eigenvalue weighted by Gasteiger charge is -2.33. The van der Waals surface area contributed by atoms with Crippen LogP contribution in [0.3, 0.4) is 0 Å². The second kappa shape index (κ2) is 6.38. The van der Waals surface area contributed by atoms with Crippen molar-refractivity contribution < 1.29 is 13.9 Å². The third-order valence-electron chi connectivity index (χ3n) is 3.49. The summed E-state index contributed by atoms with van der Waals surface area (Å²) in [5.74, 6) is -0.950. The fraction of sp³-hybridized carbons (Fsp3) is 0.467. The molecule has 0 saturated carbocycles. The molecule has 0 spiro atoms. The number of hydrogen-bond donors (Lipinski definition) is 0. The Hall–Kier alpha value is -2.09. The molecule has 2 rings (SSSR count). The Labute approximate surface area is 117 Å². The summed E-state index contributed by atoms with van der Waals surface area (Å²) in [7, 11) is 0. The molecule has 0 radical (unpaired) electrons. The first-order chi connectivity index (χ1) is 9.67. The second-order valence-corrected chi connectivity index (χ2v) is 4.78. The Balaban J connectivity index is 2.20. The number of piperidine rings is 1. The van der Waals surface area contributed by atoms with E-state index in [-0.39, 0.29) is 17.5 Å². The van der Waals surface area contributed by atoms with Gasteiger partial charge in [0.1, 0.15) is 17.4 Å². The van der Waals surface area contributed by atoms with Gasteiger partial charge in [0.15, 0.2) is 0 Å². The monoisotopic (exact) mass is 276 g/mol. The van der Waals surface area contributed by atoms with Gasteiger partial charge >= 0.3 is 5.97 Å². The Morgan fingerprint density at radius 3 is 3.10 bits per heavy atom. The predicted octanol–water partition coefficient (Wildman–Crippen LogP) is 2.48. The van der Waals surface area contributed by atoms with E-state index < -0.39 is 5.82 Å². The minimum atomic E-state index is -0.525. The minimum Gasteiger partial charge on any atom is -0.466 e. The van der Waals surface area contributed by atoms with E-state index in [0.717, 1.165) is 12.8 Å². The van der Waals surface area contributed by atoms with E-state index in [1.807, 2.05) is 11.0 Å². The van der Waals surface area contributed by atoms with E-state index in [2.05, 4.69) is 0 Å². The molecule has 1 aromatic carbocycles. The van der Waals surface area contributed by atoms with Crippen LogP contribution in [0.2, 0.25) is 0 Å². The summed E-state index contributed by atoms with van der Waals surface area (Å²) in [6, 6.07) is 6.47. The maximum Gasteiger partial charge on any atom is 0.310 e. The van der Waals surface area contributed by atoms with Crippen molar-refractivity contribution in [1.29, 1.82) is 5.26 Å². The highest BCUT2D eigenvalue weighted by Gasteiger charge is 2.28. The van der Waals surface area contributed by atoms with Crippen molar-refractivity contribution in [3.05, 3.63) is 29.6 Å². The average Bonchev–Trinajstić information content (AvgIpc) is 2.47. The molecule has 0 aromatic heterocycles. The zero-order valence-corrected chi connectivity index (χ0v) is 11.4. The van der Waals surface area contributed by atoms with Gasteiger partial charge in [-0.2, -0.15) is 5.26 Å². The van der Waals surface area contributed by atoms with Crippen molar-refractivity contribution in [1.82, 2.24) is 0 Å². The SMILES string of the molecule is CCOC(=O)C1CCCN(c2cccc(F)c2C#N)C1. The van der Waals surface area contributed by atoms with Crippen LogP contribution in [-0.2, 0) is 9.53 Å². The number of nitrogens with zero attached hydrogens (tertiary/aromatic N) is 2. The van der Waals surface area contributed by atoms with Gasteiger partial charge in [-0.05, 0) is 31.9 Å². The summed E-state index contributed by atoms with van der Waals surface area (Å²) in [5, 5.41) is 9.08. The zero-order valence-electron chi connectivity index (χ0n) is 11.4. The van der Waals surface area contributed by atoms with Crippen molar-refractivity contribution in [2.75, 3.05) is 24.6 Å².